The fourth-order valence-electron chi connectivity index (χ4n) is 3.44. The van der Waals surface area contributed by atoms with Crippen LogP contribution in [-0.2, 0) is 4.79 Å². The van der Waals surface area contributed by atoms with Crippen molar-refractivity contribution >= 4 is 39.4 Å². The highest BCUT2D eigenvalue weighted by Crippen LogP contribution is 2.30. The molecule has 1 aromatic carbocycles. The van der Waals surface area contributed by atoms with Crippen LogP contribution >= 0.6 is 27.7 Å². The number of carbonyl (C=O) groups excluding carboxylic acids is 2. The molecule has 0 spiro atoms. The maximum Gasteiger partial charge on any atom is 0.269 e. The lowest BCUT2D eigenvalue weighted by atomic mass is 9.94. The number of rotatable bonds is 4. The summed E-state index contributed by atoms with van der Waals surface area (Å²) in [6, 6.07) is 7.59. The highest BCUT2D eigenvalue weighted by Gasteiger charge is 2.32. The molecule has 1 unspecified atom stereocenters. The van der Waals surface area contributed by atoms with Crippen LogP contribution in [-0.4, -0.2) is 52.9 Å². The molecule has 1 atom stereocenters. The lowest BCUT2D eigenvalue weighted by molar-refractivity contribution is -0.127. The molecule has 1 fully saturated rings. The first-order valence-corrected chi connectivity index (χ1v) is 11.1. The summed E-state index contributed by atoms with van der Waals surface area (Å²) in [6.45, 7) is 3.65. The second-order valence-corrected chi connectivity index (χ2v) is 8.95. The van der Waals surface area contributed by atoms with Gasteiger partial charge in [0.05, 0.1) is 17.2 Å². The number of nitrogens with one attached hydrogen (secondary N) is 1. The van der Waals surface area contributed by atoms with E-state index in [1.807, 2.05) is 40.9 Å². The summed E-state index contributed by atoms with van der Waals surface area (Å²) in [5.41, 5.74) is 2.36. The van der Waals surface area contributed by atoms with E-state index < -0.39 is 5.92 Å². The SMILES string of the molecule is Cc1onc(-c2ccc(Br)cc2)c1C(=O)C1C=C(C(=O)N2CCSCC2)NC1. The highest BCUT2D eigenvalue weighted by atomic mass is 79.9. The van der Waals surface area contributed by atoms with Crippen LogP contribution in [0, 0.1) is 12.8 Å². The molecule has 8 heteroatoms. The average Bonchev–Trinajstić information content (AvgIpc) is 3.35. The second-order valence-electron chi connectivity index (χ2n) is 6.81. The van der Waals surface area contributed by atoms with Crippen molar-refractivity contribution in [3.05, 3.63) is 51.8 Å². The van der Waals surface area contributed by atoms with Gasteiger partial charge in [0.2, 0.25) is 0 Å². The van der Waals surface area contributed by atoms with Crippen molar-refractivity contribution < 1.29 is 14.1 Å². The Labute approximate surface area is 175 Å². The number of hydrogen-bond acceptors (Lipinski definition) is 6. The number of aromatic nitrogens is 1. The number of carbonyl (C=O) groups is 2. The Hall–Kier alpha value is -2.06. The van der Waals surface area contributed by atoms with Gasteiger partial charge in [-0.3, -0.25) is 9.59 Å². The number of halogens is 1. The Bertz CT molecular complexity index is 933. The summed E-state index contributed by atoms with van der Waals surface area (Å²) in [7, 11) is 0. The van der Waals surface area contributed by atoms with Crippen molar-refractivity contribution in [3.63, 3.8) is 0 Å². The molecule has 4 rings (SSSR count). The summed E-state index contributed by atoms with van der Waals surface area (Å²) in [4.78, 5) is 27.7. The van der Waals surface area contributed by atoms with Crippen LogP contribution in [0.15, 0.2) is 45.0 Å². The molecule has 2 aliphatic heterocycles. The molecule has 6 nitrogen and oxygen atoms in total. The van der Waals surface area contributed by atoms with E-state index in [0.717, 1.165) is 34.6 Å². The summed E-state index contributed by atoms with van der Waals surface area (Å²) in [6.07, 6.45) is 1.75. The molecule has 0 bridgehead atoms. The van der Waals surface area contributed by atoms with E-state index in [2.05, 4.69) is 26.4 Å². The van der Waals surface area contributed by atoms with E-state index in [4.69, 9.17) is 4.52 Å². The topological polar surface area (TPSA) is 75.4 Å². The third-order valence-corrected chi connectivity index (χ3v) is 6.44. The molecule has 1 N–H and O–H groups in total. The van der Waals surface area contributed by atoms with Gasteiger partial charge in [0.25, 0.3) is 5.91 Å². The highest BCUT2D eigenvalue weighted by molar-refractivity contribution is 9.10. The second kappa shape index (κ2) is 8.13. The minimum Gasteiger partial charge on any atom is -0.380 e. The van der Waals surface area contributed by atoms with Crippen molar-refractivity contribution in [2.45, 2.75) is 6.92 Å². The zero-order valence-corrected chi connectivity index (χ0v) is 17.8. The lowest BCUT2D eigenvalue weighted by Gasteiger charge is -2.26. The number of Topliss-reactive ketones (excluding diaryl/α,β-unsaturated/α-hetero) is 1. The minimum atomic E-state index is -0.412. The molecule has 0 radical (unpaired) electrons. The van der Waals surface area contributed by atoms with Crippen LogP contribution < -0.4 is 5.32 Å². The lowest BCUT2D eigenvalue weighted by Crippen LogP contribution is -2.40. The maximum atomic E-state index is 13.2. The number of ketones is 1. The number of nitrogens with zero attached hydrogens (tertiary/aromatic N) is 2. The van der Waals surface area contributed by atoms with Crippen molar-refractivity contribution in [1.82, 2.24) is 15.4 Å². The van der Waals surface area contributed by atoms with Gasteiger partial charge in [0.15, 0.2) is 5.78 Å². The standard InChI is InChI=1S/C20H20BrN3O3S/c1-12-17(18(23-27-12)13-2-4-15(21)5-3-13)19(25)14-10-16(22-11-14)20(26)24-6-8-28-9-7-24/h2-5,10,14,22H,6-9,11H2,1H3. The molecule has 2 aromatic rings. The molecule has 3 heterocycles. The van der Waals surface area contributed by atoms with Crippen LogP contribution in [0.2, 0.25) is 0 Å². The van der Waals surface area contributed by atoms with Gasteiger partial charge < -0.3 is 14.7 Å². The van der Waals surface area contributed by atoms with E-state index >= 15 is 0 Å². The molecule has 0 aliphatic carbocycles. The zero-order valence-electron chi connectivity index (χ0n) is 15.4. The zero-order chi connectivity index (χ0) is 19.7. The first-order chi connectivity index (χ1) is 13.5. The van der Waals surface area contributed by atoms with Crippen LogP contribution in [0.1, 0.15) is 16.1 Å². The summed E-state index contributed by atoms with van der Waals surface area (Å²) in [5.74, 6) is 1.89. The van der Waals surface area contributed by atoms with E-state index in [-0.39, 0.29) is 11.7 Å². The van der Waals surface area contributed by atoms with Crippen LogP contribution in [0.3, 0.4) is 0 Å². The Morgan fingerprint density at radius 3 is 2.68 bits per heavy atom. The van der Waals surface area contributed by atoms with Gasteiger partial charge in [-0.05, 0) is 25.1 Å². The molecule has 1 amide bonds. The fourth-order valence-corrected chi connectivity index (χ4v) is 4.61. The smallest absolute Gasteiger partial charge is 0.269 e. The van der Waals surface area contributed by atoms with Gasteiger partial charge in [0.1, 0.15) is 11.5 Å². The predicted octanol–water partition coefficient (Wildman–Crippen LogP) is 3.27. The van der Waals surface area contributed by atoms with Gasteiger partial charge in [0, 0.05) is 41.2 Å². The molecular weight excluding hydrogens is 442 g/mol. The minimum absolute atomic E-state index is 0.0224. The molecule has 146 valence electrons. The third-order valence-electron chi connectivity index (χ3n) is 4.97. The summed E-state index contributed by atoms with van der Waals surface area (Å²) >= 11 is 5.27. The molecule has 2 aliphatic rings. The quantitative estimate of drug-likeness (QED) is 0.704. The van der Waals surface area contributed by atoms with Crippen LogP contribution in [0.4, 0.5) is 0 Å². The summed E-state index contributed by atoms with van der Waals surface area (Å²) in [5, 5.41) is 7.22. The van der Waals surface area contributed by atoms with E-state index in [1.165, 1.54) is 0 Å². The normalized spacial score (nSPS) is 19.3. The third kappa shape index (κ3) is 3.75. The number of aryl methyl sites for hydroxylation is 1. The number of hydrogen-bond donors (Lipinski definition) is 1. The van der Waals surface area contributed by atoms with E-state index in [9.17, 15) is 9.59 Å². The van der Waals surface area contributed by atoms with Crippen molar-refractivity contribution in [2.24, 2.45) is 5.92 Å². The van der Waals surface area contributed by atoms with E-state index in [1.54, 1.807) is 13.0 Å². The Morgan fingerprint density at radius 2 is 1.96 bits per heavy atom. The monoisotopic (exact) mass is 461 g/mol. The Balaban J connectivity index is 1.57. The van der Waals surface area contributed by atoms with E-state index in [0.29, 0.717) is 29.3 Å². The van der Waals surface area contributed by atoms with Gasteiger partial charge in [-0.2, -0.15) is 11.8 Å². The molecule has 28 heavy (non-hydrogen) atoms. The molecule has 1 saturated heterocycles. The summed E-state index contributed by atoms with van der Waals surface area (Å²) < 4.78 is 6.28. The van der Waals surface area contributed by atoms with Gasteiger partial charge >= 0.3 is 0 Å². The van der Waals surface area contributed by atoms with Crippen molar-refractivity contribution in [3.8, 4) is 11.3 Å². The molecular formula is C20H20BrN3O3S. The van der Waals surface area contributed by atoms with Gasteiger partial charge in [-0.1, -0.05) is 33.2 Å². The van der Waals surface area contributed by atoms with Crippen LogP contribution in [0.25, 0.3) is 11.3 Å². The Morgan fingerprint density at radius 1 is 1.25 bits per heavy atom. The maximum absolute atomic E-state index is 13.2. The van der Waals surface area contributed by atoms with Crippen LogP contribution in [0.5, 0.6) is 0 Å². The number of amides is 1. The van der Waals surface area contributed by atoms with Crippen molar-refractivity contribution in [1.29, 1.82) is 0 Å². The predicted molar refractivity (Wildman–Crippen MR) is 112 cm³/mol. The number of thioether (sulfide) groups is 1. The van der Waals surface area contributed by atoms with Gasteiger partial charge in [-0.15, -0.1) is 0 Å². The van der Waals surface area contributed by atoms with Crippen molar-refractivity contribution in [2.75, 3.05) is 31.1 Å². The first kappa shape index (κ1) is 19.3. The fraction of sp³-hybridized carbons (Fsp3) is 0.350. The Kier molecular flexibility index (Phi) is 5.59. The molecule has 1 aromatic heterocycles. The number of benzene rings is 1. The molecule has 0 saturated carbocycles. The average molecular weight is 462 g/mol. The largest absolute Gasteiger partial charge is 0.380 e. The first-order valence-electron chi connectivity index (χ1n) is 9.13. The van der Waals surface area contributed by atoms with Gasteiger partial charge in [-0.25, -0.2) is 0 Å².